The molecule has 0 saturated carbocycles. The van der Waals surface area contributed by atoms with Gasteiger partial charge in [-0.05, 0) is 0 Å². The second-order valence-corrected chi connectivity index (χ2v) is 9.60. The van der Waals surface area contributed by atoms with Gasteiger partial charge >= 0.3 is 62.7 Å². The van der Waals surface area contributed by atoms with Gasteiger partial charge in [0.25, 0.3) is 0 Å². The molecule has 0 aliphatic rings. The summed E-state index contributed by atoms with van der Waals surface area (Å²) in [5.41, 5.74) is 0. The third-order valence-corrected chi connectivity index (χ3v) is 5.38. The van der Waals surface area contributed by atoms with Crippen LogP contribution in [0.2, 0.25) is 9.88 Å². The van der Waals surface area contributed by atoms with E-state index in [9.17, 15) is 0 Å². The Bertz CT molecular complexity index is 172. The molecule has 47 valence electrons. The van der Waals surface area contributed by atoms with Gasteiger partial charge in [0.15, 0.2) is 0 Å². The maximum absolute atomic E-state index is 4.06. The van der Waals surface area contributed by atoms with Crippen molar-refractivity contribution in [1.29, 1.82) is 0 Å². The van der Waals surface area contributed by atoms with Gasteiger partial charge in [0.2, 0.25) is 0 Å². The van der Waals surface area contributed by atoms with Crippen LogP contribution < -0.4 is 3.58 Å². The van der Waals surface area contributed by atoms with Crippen LogP contribution in [-0.2, 0) is 0 Å². The quantitative estimate of drug-likeness (QED) is 0.653. The summed E-state index contributed by atoms with van der Waals surface area (Å²) in [5.74, 6) is 0. The Kier molecular flexibility index (Phi) is 2.51. The first-order valence-electron chi connectivity index (χ1n) is 3.01. The third-order valence-electron chi connectivity index (χ3n) is 1.24. The Hall–Kier alpha value is -0.0513. The third kappa shape index (κ3) is 1.97. The van der Waals surface area contributed by atoms with E-state index < -0.39 is 19.8 Å². The molecule has 0 fully saturated rings. The van der Waals surface area contributed by atoms with E-state index in [1.807, 2.05) is 18.5 Å². The predicted molar refractivity (Wildman–Crippen MR) is 41.4 cm³/mol. The molecule has 1 aromatic rings. The molecule has 0 aliphatic heterocycles. The van der Waals surface area contributed by atoms with Crippen LogP contribution in [0.4, 0.5) is 0 Å². The van der Waals surface area contributed by atoms with Gasteiger partial charge in [-0.15, -0.1) is 0 Å². The van der Waals surface area contributed by atoms with E-state index in [4.69, 9.17) is 0 Å². The molecule has 0 aliphatic carbocycles. The van der Waals surface area contributed by atoms with Crippen LogP contribution in [0.1, 0.15) is 0 Å². The Morgan fingerprint density at radius 2 is 2.22 bits per heavy atom. The molecular formula is C7H10NSn. The second kappa shape index (κ2) is 3.20. The average Bonchev–Trinajstić information content (AvgIpc) is 1.90. The van der Waals surface area contributed by atoms with Crippen molar-refractivity contribution in [3.05, 3.63) is 24.5 Å². The van der Waals surface area contributed by atoms with Crippen LogP contribution in [0.25, 0.3) is 0 Å². The van der Waals surface area contributed by atoms with Crippen LogP contribution in [0.3, 0.4) is 0 Å². The van der Waals surface area contributed by atoms with E-state index in [1.54, 1.807) is 0 Å². The minimum atomic E-state index is -1.09. The summed E-state index contributed by atoms with van der Waals surface area (Å²) >= 11 is -1.09. The Labute approximate surface area is 62.9 Å². The van der Waals surface area contributed by atoms with Gasteiger partial charge in [0.05, 0.1) is 0 Å². The number of aromatic nitrogens is 1. The Morgan fingerprint density at radius 1 is 1.44 bits per heavy atom. The van der Waals surface area contributed by atoms with Gasteiger partial charge < -0.3 is 0 Å². The van der Waals surface area contributed by atoms with E-state index in [0.29, 0.717) is 0 Å². The molecule has 0 unspecified atom stereocenters. The van der Waals surface area contributed by atoms with Gasteiger partial charge in [-0.2, -0.15) is 0 Å². The first-order valence-corrected chi connectivity index (χ1v) is 10.1. The fourth-order valence-corrected chi connectivity index (χ4v) is 2.83. The molecule has 1 aromatic heterocycles. The zero-order chi connectivity index (χ0) is 6.69. The molecule has 1 radical (unpaired) electrons. The second-order valence-electron chi connectivity index (χ2n) is 2.24. The van der Waals surface area contributed by atoms with Crippen LogP contribution in [0.15, 0.2) is 24.5 Å². The minimum absolute atomic E-state index is 1.09. The molecule has 0 N–H and O–H groups in total. The average molecular weight is 227 g/mol. The fraction of sp³-hybridized carbons (Fsp3) is 0.286. The molecular weight excluding hydrogens is 217 g/mol. The van der Waals surface area contributed by atoms with Gasteiger partial charge in [-0.25, -0.2) is 0 Å². The zero-order valence-electron chi connectivity index (χ0n) is 5.76. The number of pyridine rings is 1. The molecule has 0 atom stereocenters. The van der Waals surface area contributed by atoms with Crippen molar-refractivity contribution >= 4 is 23.3 Å². The van der Waals surface area contributed by atoms with Gasteiger partial charge in [0, 0.05) is 0 Å². The van der Waals surface area contributed by atoms with Crippen LogP contribution in [0, 0.1) is 0 Å². The molecule has 2 heteroatoms. The van der Waals surface area contributed by atoms with Crippen LogP contribution in [0.5, 0.6) is 0 Å². The monoisotopic (exact) mass is 228 g/mol. The zero-order valence-corrected chi connectivity index (χ0v) is 8.61. The first kappa shape index (κ1) is 7.06. The van der Waals surface area contributed by atoms with E-state index in [0.717, 1.165) is 0 Å². The van der Waals surface area contributed by atoms with Gasteiger partial charge in [0.1, 0.15) is 0 Å². The van der Waals surface area contributed by atoms with Crippen LogP contribution in [-0.4, -0.2) is 24.7 Å². The summed E-state index contributed by atoms with van der Waals surface area (Å²) in [6.45, 7) is 0. The van der Waals surface area contributed by atoms with Crippen molar-refractivity contribution in [2.75, 3.05) is 0 Å². The Morgan fingerprint density at radius 3 is 2.56 bits per heavy atom. The summed E-state index contributed by atoms with van der Waals surface area (Å²) in [5, 5.41) is 0. The van der Waals surface area contributed by atoms with Crippen molar-refractivity contribution in [3.63, 3.8) is 0 Å². The molecule has 1 nitrogen and oxygen atoms in total. The normalized spacial score (nSPS) is 10.1. The number of hydrogen-bond donors (Lipinski definition) is 0. The Balaban J connectivity index is 2.85. The van der Waals surface area contributed by atoms with Gasteiger partial charge in [-0.1, -0.05) is 0 Å². The summed E-state index contributed by atoms with van der Waals surface area (Å²) in [6.07, 6.45) is 3.82. The molecule has 9 heavy (non-hydrogen) atoms. The van der Waals surface area contributed by atoms with Gasteiger partial charge in [-0.3, -0.25) is 0 Å². The van der Waals surface area contributed by atoms with E-state index in [-0.39, 0.29) is 0 Å². The molecule has 0 aromatic carbocycles. The topological polar surface area (TPSA) is 12.9 Å². The van der Waals surface area contributed by atoms with E-state index in [1.165, 1.54) is 3.58 Å². The number of rotatable bonds is 1. The summed E-state index contributed by atoms with van der Waals surface area (Å²) in [6, 6.07) is 4.20. The van der Waals surface area contributed by atoms with Crippen molar-refractivity contribution in [3.8, 4) is 0 Å². The summed E-state index contributed by atoms with van der Waals surface area (Å²) in [7, 11) is 0. The summed E-state index contributed by atoms with van der Waals surface area (Å²) in [4.78, 5) is 8.78. The first-order chi connectivity index (χ1) is 4.30. The van der Waals surface area contributed by atoms with Crippen molar-refractivity contribution in [2.24, 2.45) is 0 Å². The van der Waals surface area contributed by atoms with Crippen molar-refractivity contribution in [1.82, 2.24) is 4.98 Å². The SMILES string of the molecule is [CH3][Sn]([CH3])[c]1cccnc1. The van der Waals surface area contributed by atoms with Crippen molar-refractivity contribution in [2.45, 2.75) is 9.88 Å². The molecule has 0 amide bonds. The molecule has 1 rings (SSSR count). The standard InChI is InChI=1S/C5H4N.2CH3.Sn/c1-2-4-6-5-3-1;;;/h1-2,4-5H;2*1H3;. The summed E-state index contributed by atoms with van der Waals surface area (Å²) < 4.78 is 1.50. The van der Waals surface area contributed by atoms with E-state index >= 15 is 0 Å². The van der Waals surface area contributed by atoms with E-state index in [2.05, 4.69) is 20.9 Å². The van der Waals surface area contributed by atoms with Crippen molar-refractivity contribution < 1.29 is 0 Å². The molecule has 0 spiro atoms. The molecule has 1 heterocycles. The number of nitrogens with zero attached hydrogens (tertiary/aromatic N) is 1. The molecule has 0 saturated heterocycles. The van der Waals surface area contributed by atoms with Crippen LogP contribution >= 0.6 is 0 Å². The fourth-order valence-electron chi connectivity index (χ4n) is 0.659. The number of hydrogen-bond acceptors (Lipinski definition) is 1. The predicted octanol–water partition coefficient (Wildman–Crippen LogP) is 1.04. The maximum atomic E-state index is 4.06. The molecule has 0 bridgehead atoms.